The van der Waals surface area contributed by atoms with Crippen LogP contribution in [0.15, 0.2) is 5.16 Å². The Morgan fingerprint density at radius 1 is 1.33 bits per heavy atom. The van der Waals surface area contributed by atoms with Gasteiger partial charge in [0.25, 0.3) is 0 Å². The molecule has 3 N–H and O–H groups in total. The summed E-state index contributed by atoms with van der Waals surface area (Å²) in [5.74, 6) is 1.11. The second-order valence-electron chi connectivity index (χ2n) is 5.14. The molecule has 0 aliphatic heterocycles. The lowest BCUT2D eigenvalue weighted by Gasteiger charge is -2.29. The number of nitrogens with two attached hydrogens (primary N) is 1. The Kier molecular flexibility index (Phi) is 7.76. The number of nitrogens with zero attached hydrogens (tertiary/aromatic N) is 2. The molecule has 0 heterocycles. The van der Waals surface area contributed by atoms with Gasteiger partial charge in [0, 0.05) is 33.2 Å². The van der Waals surface area contributed by atoms with Gasteiger partial charge in [-0.2, -0.15) is 0 Å². The van der Waals surface area contributed by atoms with Crippen molar-refractivity contribution in [2.75, 3.05) is 33.4 Å². The Balaban J connectivity index is 2.33. The Labute approximate surface area is 110 Å². The summed E-state index contributed by atoms with van der Waals surface area (Å²) in [6.45, 7) is 3.62. The predicted octanol–water partition coefficient (Wildman–Crippen LogP) is 1.65. The van der Waals surface area contributed by atoms with Crippen molar-refractivity contribution >= 4 is 5.84 Å². The average molecular weight is 257 g/mol. The molecular formula is C13H27N3O2. The lowest BCUT2D eigenvalue weighted by Crippen LogP contribution is -2.35. The normalized spacial score (nSPS) is 18.4. The van der Waals surface area contributed by atoms with Crippen molar-refractivity contribution in [3.05, 3.63) is 0 Å². The van der Waals surface area contributed by atoms with Crippen molar-refractivity contribution < 1.29 is 9.94 Å². The van der Waals surface area contributed by atoms with E-state index in [2.05, 4.69) is 10.1 Å². The van der Waals surface area contributed by atoms with Crippen LogP contribution in [0.3, 0.4) is 0 Å². The first kappa shape index (κ1) is 15.2. The van der Waals surface area contributed by atoms with E-state index >= 15 is 0 Å². The SMILES string of the molecule is COCCN(CC/C(N)=N/O)CC1CCCCC1. The Morgan fingerprint density at radius 3 is 2.67 bits per heavy atom. The third-order valence-corrected chi connectivity index (χ3v) is 3.67. The molecule has 1 aliphatic carbocycles. The van der Waals surface area contributed by atoms with Gasteiger partial charge >= 0.3 is 0 Å². The summed E-state index contributed by atoms with van der Waals surface area (Å²) in [5.41, 5.74) is 5.53. The van der Waals surface area contributed by atoms with Crippen LogP contribution in [0.2, 0.25) is 0 Å². The Bertz CT molecular complexity index is 240. The largest absolute Gasteiger partial charge is 0.409 e. The van der Waals surface area contributed by atoms with Crippen LogP contribution in [0.25, 0.3) is 0 Å². The maximum absolute atomic E-state index is 8.56. The second kappa shape index (κ2) is 9.16. The highest BCUT2D eigenvalue weighted by molar-refractivity contribution is 5.79. The van der Waals surface area contributed by atoms with E-state index in [4.69, 9.17) is 15.7 Å². The molecule has 0 amide bonds. The summed E-state index contributed by atoms with van der Waals surface area (Å²) in [7, 11) is 1.72. The summed E-state index contributed by atoms with van der Waals surface area (Å²) in [6, 6.07) is 0. The van der Waals surface area contributed by atoms with Gasteiger partial charge in [-0.25, -0.2) is 0 Å². The van der Waals surface area contributed by atoms with Crippen LogP contribution < -0.4 is 5.73 Å². The minimum absolute atomic E-state index is 0.307. The van der Waals surface area contributed by atoms with Crippen LogP contribution in [0, 0.1) is 5.92 Å². The van der Waals surface area contributed by atoms with E-state index in [1.165, 1.54) is 32.1 Å². The molecule has 18 heavy (non-hydrogen) atoms. The van der Waals surface area contributed by atoms with Gasteiger partial charge in [0.1, 0.15) is 5.84 Å². The third-order valence-electron chi connectivity index (χ3n) is 3.67. The number of hydrogen-bond donors (Lipinski definition) is 2. The topological polar surface area (TPSA) is 71.1 Å². The quantitative estimate of drug-likeness (QED) is 0.300. The fourth-order valence-corrected chi connectivity index (χ4v) is 2.57. The van der Waals surface area contributed by atoms with Crippen LogP contribution in [0.4, 0.5) is 0 Å². The highest BCUT2D eigenvalue weighted by Gasteiger charge is 2.17. The first-order valence-corrected chi connectivity index (χ1v) is 6.94. The third kappa shape index (κ3) is 6.21. The van der Waals surface area contributed by atoms with Crippen molar-refractivity contribution in [3.8, 4) is 0 Å². The van der Waals surface area contributed by atoms with Crippen molar-refractivity contribution in [1.82, 2.24) is 4.90 Å². The van der Waals surface area contributed by atoms with Gasteiger partial charge in [-0.3, -0.25) is 0 Å². The van der Waals surface area contributed by atoms with E-state index in [0.29, 0.717) is 12.3 Å². The lowest BCUT2D eigenvalue weighted by molar-refractivity contribution is 0.131. The number of hydrogen-bond acceptors (Lipinski definition) is 4. The maximum atomic E-state index is 8.56. The maximum Gasteiger partial charge on any atom is 0.140 e. The van der Waals surface area contributed by atoms with Crippen molar-refractivity contribution in [3.63, 3.8) is 0 Å². The molecule has 1 saturated carbocycles. The predicted molar refractivity (Wildman–Crippen MR) is 72.9 cm³/mol. The molecule has 5 heteroatoms. The van der Waals surface area contributed by atoms with Crippen LogP contribution in [0.5, 0.6) is 0 Å². The standard InChI is InChI=1S/C13H27N3O2/c1-18-10-9-16(8-7-13(14)15-17)11-12-5-3-2-4-6-12/h12,17H,2-11H2,1H3,(H2,14,15). The van der Waals surface area contributed by atoms with Gasteiger partial charge < -0.3 is 20.6 Å². The fourth-order valence-electron chi connectivity index (χ4n) is 2.57. The molecule has 1 fully saturated rings. The molecule has 0 spiro atoms. The summed E-state index contributed by atoms with van der Waals surface area (Å²) >= 11 is 0. The highest BCUT2D eigenvalue weighted by atomic mass is 16.5. The molecule has 0 unspecified atom stereocenters. The number of amidine groups is 1. The first-order chi connectivity index (χ1) is 8.76. The molecular weight excluding hydrogens is 230 g/mol. The van der Waals surface area contributed by atoms with Crippen LogP contribution in [-0.4, -0.2) is 49.3 Å². The van der Waals surface area contributed by atoms with E-state index in [0.717, 1.165) is 32.2 Å². The van der Waals surface area contributed by atoms with E-state index < -0.39 is 0 Å². The number of methoxy groups -OCH3 is 1. The molecule has 1 rings (SSSR count). The highest BCUT2D eigenvalue weighted by Crippen LogP contribution is 2.24. The van der Waals surface area contributed by atoms with Crippen LogP contribution >= 0.6 is 0 Å². The summed E-state index contributed by atoms with van der Waals surface area (Å²) in [5, 5.41) is 11.6. The molecule has 0 aromatic heterocycles. The molecule has 5 nitrogen and oxygen atoms in total. The zero-order valence-electron chi connectivity index (χ0n) is 11.5. The molecule has 1 aliphatic rings. The molecule has 0 bridgehead atoms. The van der Waals surface area contributed by atoms with E-state index in [-0.39, 0.29) is 0 Å². The molecule has 106 valence electrons. The van der Waals surface area contributed by atoms with Crippen LogP contribution in [0.1, 0.15) is 38.5 Å². The minimum Gasteiger partial charge on any atom is -0.409 e. The van der Waals surface area contributed by atoms with E-state index in [1.54, 1.807) is 7.11 Å². The Morgan fingerprint density at radius 2 is 2.06 bits per heavy atom. The molecule has 0 radical (unpaired) electrons. The Hall–Kier alpha value is -0.810. The van der Waals surface area contributed by atoms with E-state index in [1.807, 2.05) is 0 Å². The van der Waals surface area contributed by atoms with Crippen LogP contribution in [-0.2, 0) is 4.74 Å². The van der Waals surface area contributed by atoms with Gasteiger partial charge in [0.2, 0.25) is 0 Å². The average Bonchev–Trinajstić information content (AvgIpc) is 2.42. The number of ether oxygens (including phenoxy) is 1. The van der Waals surface area contributed by atoms with Crippen molar-refractivity contribution in [2.24, 2.45) is 16.8 Å². The minimum atomic E-state index is 0.307. The molecule has 0 aromatic rings. The lowest BCUT2D eigenvalue weighted by atomic mass is 9.89. The zero-order chi connectivity index (χ0) is 13.2. The fraction of sp³-hybridized carbons (Fsp3) is 0.923. The second-order valence-corrected chi connectivity index (χ2v) is 5.14. The molecule has 0 saturated heterocycles. The van der Waals surface area contributed by atoms with Crippen molar-refractivity contribution in [2.45, 2.75) is 38.5 Å². The zero-order valence-corrected chi connectivity index (χ0v) is 11.5. The van der Waals surface area contributed by atoms with Gasteiger partial charge in [-0.1, -0.05) is 24.4 Å². The van der Waals surface area contributed by atoms with Gasteiger partial charge in [0.15, 0.2) is 0 Å². The summed E-state index contributed by atoms with van der Waals surface area (Å²) in [4.78, 5) is 2.37. The van der Waals surface area contributed by atoms with Gasteiger partial charge in [-0.05, 0) is 18.8 Å². The summed E-state index contributed by atoms with van der Waals surface area (Å²) in [6.07, 6.45) is 7.41. The van der Waals surface area contributed by atoms with Crippen molar-refractivity contribution in [1.29, 1.82) is 0 Å². The van der Waals surface area contributed by atoms with Gasteiger partial charge in [-0.15, -0.1) is 0 Å². The van der Waals surface area contributed by atoms with Gasteiger partial charge in [0.05, 0.1) is 6.61 Å². The molecule has 0 aromatic carbocycles. The number of rotatable bonds is 8. The summed E-state index contributed by atoms with van der Waals surface area (Å²) < 4.78 is 5.14. The monoisotopic (exact) mass is 257 g/mol. The number of oxime groups is 1. The van der Waals surface area contributed by atoms with E-state index in [9.17, 15) is 0 Å². The molecule has 0 atom stereocenters. The first-order valence-electron chi connectivity index (χ1n) is 6.94. The smallest absolute Gasteiger partial charge is 0.140 e.